The molecule has 4 aromatic rings. The van der Waals surface area contributed by atoms with Gasteiger partial charge in [-0.3, -0.25) is 9.59 Å². The van der Waals surface area contributed by atoms with E-state index >= 15 is 0 Å². The third-order valence-corrected chi connectivity index (χ3v) is 6.65. The van der Waals surface area contributed by atoms with Gasteiger partial charge in [-0.2, -0.15) is 13.2 Å². The van der Waals surface area contributed by atoms with Crippen molar-refractivity contribution in [3.8, 4) is 0 Å². The van der Waals surface area contributed by atoms with Crippen molar-refractivity contribution >= 4 is 61.3 Å². The van der Waals surface area contributed by atoms with E-state index in [1.807, 2.05) is 0 Å². The Labute approximate surface area is 216 Å². The number of rotatable bonds is 4. The highest BCUT2D eigenvalue weighted by molar-refractivity contribution is 9.10. The molecule has 3 aromatic heterocycles. The lowest BCUT2D eigenvalue weighted by atomic mass is 10.1. The lowest BCUT2D eigenvalue weighted by Gasteiger charge is -2.24. The van der Waals surface area contributed by atoms with Crippen LogP contribution in [-0.4, -0.2) is 54.9 Å². The minimum absolute atomic E-state index is 0.0116. The second-order valence-electron chi connectivity index (χ2n) is 8.67. The van der Waals surface area contributed by atoms with E-state index in [1.165, 1.54) is 21.9 Å². The van der Waals surface area contributed by atoms with E-state index in [4.69, 9.17) is 11.5 Å². The van der Waals surface area contributed by atoms with Crippen molar-refractivity contribution in [2.75, 3.05) is 17.6 Å². The molecular weight excluding hydrogens is 557 g/mol. The van der Waals surface area contributed by atoms with Gasteiger partial charge in [0.25, 0.3) is 0 Å². The van der Waals surface area contributed by atoms with Gasteiger partial charge >= 0.3 is 6.18 Å². The summed E-state index contributed by atoms with van der Waals surface area (Å²) in [4.78, 5) is 40.1. The van der Waals surface area contributed by atoms with E-state index in [2.05, 4.69) is 36.2 Å². The van der Waals surface area contributed by atoms with Crippen LogP contribution in [0.1, 0.15) is 12.0 Å². The van der Waals surface area contributed by atoms with Crippen molar-refractivity contribution in [2.45, 2.75) is 31.2 Å². The molecule has 14 heteroatoms. The number of aromatic nitrogens is 4. The number of hydrogen-bond acceptors (Lipinski definition) is 7. The SMILES string of the molecule is Nc1ncnc2c1c1cc(C(F)(F)F)ccc1n2CC(=O)N1C[C@H](N)C[C@H]1C(=O)Nc1cccc(Br)n1. The number of alkyl halides is 3. The monoisotopic (exact) mass is 576 g/mol. The van der Waals surface area contributed by atoms with E-state index < -0.39 is 35.6 Å². The van der Waals surface area contributed by atoms with Crippen LogP contribution in [0, 0.1) is 0 Å². The molecule has 5 N–H and O–H groups in total. The normalized spacial score (nSPS) is 18.0. The molecule has 0 aliphatic carbocycles. The third-order valence-electron chi connectivity index (χ3n) is 6.21. The molecule has 1 aliphatic rings. The van der Waals surface area contributed by atoms with Crippen LogP contribution >= 0.6 is 15.9 Å². The third kappa shape index (κ3) is 4.69. The van der Waals surface area contributed by atoms with Gasteiger partial charge in [-0.25, -0.2) is 15.0 Å². The summed E-state index contributed by atoms with van der Waals surface area (Å²) < 4.78 is 42.2. The molecule has 0 saturated carbocycles. The second kappa shape index (κ2) is 9.27. The van der Waals surface area contributed by atoms with Crippen LogP contribution < -0.4 is 16.8 Å². The predicted octanol–water partition coefficient (Wildman–Crippen LogP) is 2.91. The van der Waals surface area contributed by atoms with E-state index in [0.29, 0.717) is 15.9 Å². The number of hydrogen-bond donors (Lipinski definition) is 3. The van der Waals surface area contributed by atoms with Crippen LogP contribution in [-0.2, 0) is 22.3 Å². The van der Waals surface area contributed by atoms with Gasteiger partial charge in [0.15, 0.2) is 0 Å². The van der Waals surface area contributed by atoms with E-state index in [9.17, 15) is 22.8 Å². The number of pyridine rings is 1. The zero-order valence-corrected chi connectivity index (χ0v) is 20.6. The fourth-order valence-corrected chi connectivity index (χ4v) is 4.92. The van der Waals surface area contributed by atoms with Gasteiger partial charge in [-0.15, -0.1) is 0 Å². The first-order chi connectivity index (χ1) is 17.5. The smallest absolute Gasteiger partial charge is 0.383 e. The molecule has 4 heterocycles. The van der Waals surface area contributed by atoms with Crippen LogP contribution in [0.15, 0.2) is 47.3 Å². The van der Waals surface area contributed by atoms with Crippen molar-refractivity contribution in [2.24, 2.45) is 5.73 Å². The first kappa shape index (κ1) is 24.9. The minimum Gasteiger partial charge on any atom is -0.383 e. The summed E-state index contributed by atoms with van der Waals surface area (Å²) in [6.07, 6.45) is -3.16. The molecule has 1 aliphatic heterocycles. The van der Waals surface area contributed by atoms with E-state index in [0.717, 1.165) is 12.1 Å². The van der Waals surface area contributed by atoms with Crippen molar-refractivity contribution in [3.63, 3.8) is 0 Å². The molecule has 0 spiro atoms. The first-order valence-electron chi connectivity index (χ1n) is 11.1. The summed E-state index contributed by atoms with van der Waals surface area (Å²) in [5.74, 6) is -0.605. The number of likely N-dealkylation sites (tertiary alicyclic amines) is 1. The fourth-order valence-electron chi connectivity index (χ4n) is 4.58. The molecule has 0 radical (unpaired) electrons. The summed E-state index contributed by atoms with van der Waals surface area (Å²) in [6, 6.07) is 6.90. The standard InChI is InChI=1S/C23H20BrF3N8O2/c24-16-2-1-3-17(32-16)33-22(37)15-7-12(28)8-34(15)18(36)9-35-14-5-4-11(23(25,26)27)6-13(14)19-20(29)30-10-31-21(19)35/h1-6,10,12,15H,7-9,28H2,(H2,29,30,31)(H,32,33,37)/t12-,15+/m1/s1. The van der Waals surface area contributed by atoms with Gasteiger partial charge in [0.05, 0.1) is 16.5 Å². The number of fused-ring (bicyclic) bond motifs is 3. The number of anilines is 2. The number of nitrogen functional groups attached to an aromatic ring is 1. The van der Waals surface area contributed by atoms with Gasteiger partial charge < -0.3 is 26.3 Å². The summed E-state index contributed by atoms with van der Waals surface area (Å²) in [7, 11) is 0. The topological polar surface area (TPSA) is 145 Å². The molecule has 2 atom stereocenters. The van der Waals surface area contributed by atoms with Crippen molar-refractivity contribution in [1.29, 1.82) is 0 Å². The van der Waals surface area contributed by atoms with Crippen LogP contribution in [0.3, 0.4) is 0 Å². The Balaban J connectivity index is 1.48. The van der Waals surface area contributed by atoms with Gasteiger partial charge in [0.2, 0.25) is 11.8 Å². The van der Waals surface area contributed by atoms with Crippen LogP contribution in [0.4, 0.5) is 24.8 Å². The lowest BCUT2D eigenvalue weighted by Crippen LogP contribution is -2.44. The summed E-state index contributed by atoms with van der Waals surface area (Å²) in [5.41, 5.74) is 11.8. The highest BCUT2D eigenvalue weighted by atomic mass is 79.9. The second-order valence-corrected chi connectivity index (χ2v) is 9.48. The van der Waals surface area contributed by atoms with Crippen molar-refractivity contribution in [3.05, 3.63) is 52.9 Å². The zero-order valence-electron chi connectivity index (χ0n) is 19.0. The van der Waals surface area contributed by atoms with Crippen LogP contribution in [0.25, 0.3) is 21.9 Å². The molecule has 5 rings (SSSR count). The number of carbonyl (C=O) groups excluding carboxylic acids is 2. The summed E-state index contributed by atoms with van der Waals surface area (Å²) in [6.45, 7) is -0.164. The Kier molecular flexibility index (Phi) is 6.23. The number of nitrogens with two attached hydrogens (primary N) is 2. The Hall–Kier alpha value is -3.78. The molecule has 192 valence electrons. The minimum atomic E-state index is -4.57. The Morgan fingerprint density at radius 1 is 1.19 bits per heavy atom. The van der Waals surface area contributed by atoms with Gasteiger partial charge in [-0.1, -0.05) is 6.07 Å². The first-order valence-corrected chi connectivity index (χ1v) is 11.9. The highest BCUT2D eigenvalue weighted by Crippen LogP contribution is 2.36. The molecule has 37 heavy (non-hydrogen) atoms. The molecular formula is C23H20BrF3N8O2. The molecule has 10 nitrogen and oxygen atoms in total. The number of amides is 2. The molecule has 1 fully saturated rings. The number of benzene rings is 1. The number of nitrogens with one attached hydrogen (secondary N) is 1. The quantitative estimate of drug-likeness (QED) is 0.317. The molecule has 2 amide bonds. The molecule has 1 saturated heterocycles. The molecule has 1 aromatic carbocycles. The maximum absolute atomic E-state index is 13.5. The lowest BCUT2D eigenvalue weighted by molar-refractivity contribution is -0.137. The summed E-state index contributed by atoms with van der Waals surface area (Å²) >= 11 is 3.24. The van der Waals surface area contributed by atoms with Gasteiger partial charge in [0, 0.05) is 18.0 Å². The van der Waals surface area contributed by atoms with Crippen molar-refractivity contribution in [1.82, 2.24) is 24.4 Å². The Bertz CT molecular complexity index is 1540. The Morgan fingerprint density at radius 3 is 2.70 bits per heavy atom. The number of carbonyl (C=O) groups is 2. The maximum Gasteiger partial charge on any atom is 0.416 e. The van der Waals surface area contributed by atoms with Gasteiger partial charge in [-0.05, 0) is 52.7 Å². The number of halogens is 4. The zero-order chi connectivity index (χ0) is 26.5. The number of nitrogens with zero attached hydrogens (tertiary/aromatic N) is 5. The van der Waals surface area contributed by atoms with Gasteiger partial charge in [0.1, 0.15) is 40.8 Å². The van der Waals surface area contributed by atoms with E-state index in [-0.39, 0.29) is 41.7 Å². The predicted molar refractivity (Wildman–Crippen MR) is 133 cm³/mol. The summed E-state index contributed by atoms with van der Waals surface area (Å²) in [5, 5.41) is 3.08. The average molecular weight is 577 g/mol. The van der Waals surface area contributed by atoms with Crippen molar-refractivity contribution < 1.29 is 22.8 Å². The molecule has 0 unspecified atom stereocenters. The van der Waals surface area contributed by atoms with E-state index in [1.54, 1.807) is 18.2 Å². The Morgan fingerprint density at radius 2 is 1.97 bits per heavy atom. The highest BCUT2D eigenvalue weighted by Gasteiger charge is 2.39. The maximum atomic E-state index is 13.5. The largest absolute Gasteiger partial charge is 0.416 e. The van der Waals surface area contributed by atoms with Crippen LogP contribution in [0.5, 0.6) is 0 Å². The average Bonchev–Trinajstić information content (AvgIpc) is 3.37. The molecule has 0 bridgehead atoms. The fraction of sp³-hybridized carbons (Fsp3) is 0.261. The van der Waals surface area contributed by atoms with Crippen LogP contribution in [0.2, 0.25) is 0 Å².